The van der Waals surface area contributed by atoms with Gasteiger partial charge in [0, 0.05) is 12.1 Å². The lowest BCUT2D eigenvalue weighted by molar-refractivity contribution is -0.274. The topological polar surface area (TPSA) is 72.5 Å². The number of carbonyl (C=O) groups is 1. The summed E-state index contributed by atoms with van der Waals surface area (Å²) in [6.07, 6.45) is -3.03. The largest absolute Gasteiger partial charge is 0.573 e. The van der Waals surface area contributed by atoms with Crippen LogP contribution in [-0.2, 0) is 14.8 Å². The molecule has 0 heterocycles. The molecule has 2 aliphatic carbocycles. The van der Waals surface area contributed by atoms with Crippen molar-refractivity contribution in [2.75, 3.05) is 10.5 Å². The molecule has 1 aromatic carbocycles. The van der Waals surface area contributed by atoms with Crippen molar-refractivity contribution in [2.24, 2.45) is 16.7 Å². The van der Waals surface area contributed by atoms with E-state index in [-0.39, 0.29) is 28.6 Å². The highest BCUT2D eigenvalue weighted by atomic mass is 32.2. The molecule has 0 saturated heterocycles. The number of rotatable bonds is 5. The number of alkyl halides is 3. The van der Waals surface area contributed by atoms with Gasteiger partial charge in [-0.3, -0.25) is 9.52 Å². The normalized spacial score (nSPS) is 27.6. The minimum absolute atomic E-state index is 0.0157. The molecule has 0 unspecified atom stereocenters. The summed E-state index contributed by atoms with van der Waals surface area (Å²) < 4.78 is 67.8. The van der Waals surface area contributed by atoms with Crippen LogP contribution in [0.25, 0.3) is 0 Å². The van der Waals surface area contributed by atoms with E-state index in [9.17, 15) is 26.4 Å². The van der Waals surface area contributed by atoms with Crippen LogP contribution in [0, 0.1) is 16.7 Å². The fourth-order valence-electron chi connectivity index (χ4n) is 4.37. The number of halogens is 3. The molecule has 2 bridgehead atoms. The Morgan fingerprint density at radius 1 is 1.23 bits per heavy atom. The van der Waals surface area contributed by atoms with E-state index in [1.807, 2.05) is 13.8 Å². The molecule has 26 heavy (non-hydrogen) atoms. The van der Waals surface area contributed by atoms with E-state index in [0.29, 0.717) is 12.8 Å². The molecule has 5 nitrogen and oxygen atoms in total. The fourth-order valence-corrected chi connectivity index (χ4v) is 6.27. The summed E-state index contributed by atoms with van der Waals surface area (Å²) in [5.74, 6) is -0.574. The van der Waals surface area contributed by atoms with E-state index in [1.54, 1.807) is 0 Å². The number of nitrogens with one attached hydrogen (secondary N) is 1. The van der Waals surface area contributed by atoms with Crippen molar-refractivity contribution >= 4 is 21.5 Å². The van der Waals surface area contributed by atoms with Crippen molar-refractivity contribution in [3.05, 3.63) is 24.3 Å². The smallest absolute Gasteiger partial charge is 0.406 e. The summed E-state index contributed by atoms with van der Waals surface area (Å²) in [6.45, 7) is 3.88. The van der Waals surface area contributed by atoms with Gasteiger partial charge in [-0.2, -0.15) is 0 Å². The predicted molar refractivity (Wildman–Crippen MR) is 89.1 cm³/mol. The number of ether oxygens (including phenoxy) is 1. The van der Waals surface area contributed by atoms with Crippen LogP contribution in [-0.4, -0.2) is 26.3 Å². The van der Waals surface area contributed by atoms with Gasteiger partial charge in [-0.1, -0.05) is 13.8 Å². The maximum absolute atomic E-state index is 12.6. The van der Waals surface area contributed by atoms with E-state index in [2.05, 4.69) is 9.46 Å². The first-order valence-corrected chi connectivity index (χ1v) is 9.89. The Hall–Kier alpha value is -1.77. The maximum atomic E-state index is 12.6. The van der Waals surface area contributed by atoms with Crippen LogP contribution in [0.3, 0.4) is 0 Å². The van der Waals surface area contributed by atoms with Gasteiger partial charge < -0.3 is 4.74 Å². The van der Waals surface area contributed by atoms with Gasteiger partial charge in [-0.25, -0.2) is 8.42 Å². The molecule has 0 radical (unpaired) electrons. The van der Waals surface area contributed by atoms with E-state index < -0.39 is 27.6 Å². The zero-order valence-electron chi connectivity index (χ0n) is 14.4. The highest BCUT2D eigenvalue weighted by Crippen LogP contribution is 2.64. The van der Waals surface area contributed by atoms with Crippen molar-refractivity contribution in [2.45, 2.75) is 39.5 Å². The zero-order chi connectivity index (χ0) is 19.4. The first-order valence-electron chi connectivity index (χ1n) is 8.24. The standard InChI is InChI=1S/C17H20F3NO4S/c1-15(2)11-7-8-16(15,14(22)9-11)10-26(23,24)21-12-3-5-13(6-4-12)25-17(18,19)20/h3-6,11,21H,7-10H2,1-2H3/t11-,16+/m1/s1. The Balaban J connectivity index is 1.75. The average Bonchev–Trinajstić information content (AvgIpc) is 2.81. The lowest BCUT2D eigenvalue weighted by atomic mass is 9.70. The summed E-state index contributed by atoms with van der Waals surface area (Å²) in [5.41, 5.74) is -1.17. The van der Waals surface area contributed by atoms with Gasteiger partial charge in [0.05, 0.1) is 11.2 Å². The predicted octanol–water partition coefficient (Wildman–Crippen LogP) is 3.72. The van der Waals surface area contributed by atoms with Gasteiger partial charge >= 0.3 is 6.36 Å². The highest BCUT2D eigenvalue weighted by molar-refractivity contribution is 7.92. The number of hydrogen-bond acceptors (Lipinski definition) is 4. The Morgan fingerprint density at radius 2 is 1.85 bits per heavy atom. The van der Waals surface area contributed by atoms with Gasteiger partial charge in [-0.15, -0.1) is 13.2 Å². The van der Waals surface area contributed by atoms with Gasteiger partial charge in [0.25, 0.3) is 0 Å². The molecule has 0 aromatic heterocycles. The van der Waals surface area contributed by atoms with Crippen LogP contribution < -0.4 is 9.46 Å². The molecule has 1 aromatic rings. The van der Waals surface area contributed by atoms with E-state index >= 15 is 0 Å². The number of anilines is 1. The molecule has 0 spiro atoms. The Kier molecular flexibility index (Phi) is 4.29. The molecule has 1 N–H and O–H groups in total. The Bertz CT molecular complexity index is 817. The number of sulfonamides is 1. The second kappa shape index (κ2) is 5.87. The lowest BCUT2D eigenvalue weighted by Gasteiger charge is -2.36. The van der Waals surface area contributed by atoms with Crippen LogP contribution in [0.4, 0.5) is 18.9 Å². The van der Waals surface area contributed by atoms with Crippen molar-refractivity contribution in [1.82, 2.24) is 0 Å². The quantitative estimate of drug-likeness (QED) is 0.830. The van der Waals surface area contributed by atoms with Crippen molar-refractivity contribution in [3.8, 4) is 5.75 Å². The summed E-state index contributed by atoms with van der Waals surface area (Å²) in [5, 5.41) is 0. The lowest BCUT2D eigenvalue weighted by Crippen LogP contribution is -2.43. The van der Waals surface area contributed by atoms with Crippen LogP contribution in [0.2, 0.25) is 0 Å². The molecular formula is C17H20F3NO4S. The molecule has 2 aliphatic rings. The van der Waals surface area contributed by atoms with Crippen LogP contribution in [0.15, 0.2) is 24.3 Å². The van der Waals surface area contributed by atoms with Gasteiger partial charge in [0.15, 0.2) is 0 Å². The molecule has 144 valence electrons. The average molecular weight is 391 g/mol. The second-order valence-corrected chi connectivity index (χ2v) is 9.32. The van der Waals surface area contributed by atoms with Gasteiger partial charge in [0.1, 0.15) is 11.5 Å². The molecule has 2 fully saturated rings. The number of ketones is 1. The van der Waals surface area contributed by atoms with Crippen molar-refractivity contribution < 1.29 is 31.1 Å². The summed E-state index contributed by atoms with van der Waals surface area (Å²) in [6, 6.07) is 4.44. The number of fused-ring (bicyclic) bond motifs is 2. The van der Waals surface area contributed by atoms with Crippen LogP contribution in [0.1, 0.15) is 33.1 Å². The summed E-state index contributed by atoms with van der Waals surface area (Å²) in [7, 11) is -3.85. The Morgan fingerprint density at radius 3 is 2.31 bits per heavy atom. The molecule has 3 rings (SSSR count). The minimum atomic E-state index is -4.81. The highest BCUT2D eigenvalue weighted by Gasteiger charge is 2.65. The fraction of sp³-hybridized carbons (Fsp3) is 0.588. The first-order chi connectivity index (χ1) is 11.8. The zero-order valence-corrected chi connectivity index (χ0v) is 15.2. The van der Waals surface area contributed by atoms with E-state index in [4.69, 9.17) is 0 Å². The number of benzene rings is 1. The first kappa shape index (κ1) is 19.0. The van der Waals surface area contributed by atoms with Crippen molar-refractivity contribution in [3.63, 3.8) is 0 Å². The third-order valence-corrected chi connectivity index (χ3v) is 7.36. The van der Waals surface area contributed by atoms with E-state index in [0.717, 1.165) is 18.6 Å². The molecule has 0 amide bonds. The van der Waals surface area contributed by atoms with E-state index in [1.165, 1.54) is 12.1 Å². The molecule has 9 heteroatoms. The van der Waals surface area contributed by atoms with Crippen LogP contribution in [0.5, 0.6) is 5.75 Å². The monoisotopic (exact) mass is 391 g/mol. The molecular weight excluding hydrogens is 371 g/mol. The number of Topliss-reactive ketones (excluding diaryl/α,β-unsaturated/α-hetero) is 1. The van der Waals surface area contributed by atoms with Crippen LogP contribution >= 0.6 is 0 Å². The second-order valence-electron chi connectivity index (χ2n) is 7.60. The molecule has 2 saturated carbocycles. The van der Waals surface area contributed by atoms with Crippen molar-refractivity contribution in [1.29, 1.82) is 0 Å². The minimum Gasteiger partial charge on any atom is -0.406 e. The Labute approximate surface area is 150 Å². The third kappa shape index (κ3) is 3.28. The number of carbonyl (C=O) groups excluding carboxylic acids is 1. The number of hydrogen-bond donors (Lipinski definition) is 1. The maximum Gasteiger partial charge on any atom is 0.573 e. The van der Waals surface area contributed by atoms with Gasteiger partial charge in [-0.05, 0) is 48.4 Å². The SMILES string of the molecule is CC1(C)[C@@H]2CC[C@]1(CS(=O)(=O)Nc1ccc(OC(F)(F)F)cc1)C(=O)C2. The third-order valence-electron chi connectivity index (χ3n) is 5.94. The molecule has 0 aliphatic heterocycles. The van der Waals surface area contributed by atoms with Gasteiger partial charge in [0.2, 0.25) is 10.0 Å². The molecule has 2 atom stereocenters. The summed E-state index contributed by atoms with van der Waals surface area (Å²) >= 11 is 0. The summed E-state index contributed by atoms with van der Waals surface area (Å²) in [4.78, 5) is 12.5.